The van der Waals surface area contributed by atoms with Gasteiger partial charge in [-0.05, 0) is 51.2 Å². The topological polar surface area (TPSA) is 24.1 Å². The van der Waals surface area contributed by atoms with Crippen molar-refractivity contribution in [2.75, 3.05) is 19.6 Å². The van der Waals surface area contributed by atoms with Crippen LogP contribution in [0.1, 0.15) is 46.5 Å². The Balaban J connectivity index is 0.000000461. The van der Waals surface area contributed by atoms with E-state index in [-0.39, 0.29) is 0 Å². The highest BCUT2D eigenvalue weighted by Gasteiger charge is 2.35. The van der Waals surface area contributed by atoms with Crippen molar-refractivity contribution in [2.24, 2.45) is 5.92 Å². The van der Waals surface area contributed by atoms with Crippen LogP contribution in [0.5, 0.6) is 0 Å². The lowest BCUT2D eigenvalue weighted by molar-refractivity contribution is 0.159. The highest BCUT2D eigenvalue weighted by atomic mass is 15.0. The summed E-state index contributed by atoms with van der Waals surface area (Å²) in [5.74, 6) is 0.935. The summed E-state index contributed by atoms with van der Waals surface area (Å²) in [6.45, 7) is 10.0. The molecule has 0 saturated carbocycles. The minimum atomic E-state index is 0.517. The van der Waals surface area contributed by atoms with Gasteiger partial charge in [-0.2, -0.15) is 0 Å². The predicted octanol–water partition coefficient (Wildman–Crippen LogP) is 2.15. The molecule has 0 amide bonds. The van der Waals surface area contributed by atoms with Crippen LogP contribution < -0.4 is 10.6 Å². The molecule has 0 aliphatic carbocycles. The van der Waals surface area contributed by atoms with Gasteiger partial charge in [0.1, 0.15) is 0 Å². The van der Waals surface area contributed by atoms with Crippen molar-refractivity contribution in [3.05, 3.63) is 0 Å². The number of hydrogen-bond acceptors (Lipinski definition) is 2. The van der Waals surface area contributed by atoms with Crippen molar-refractivity contribution in [1.82, 2.24) is 10.6 Å². The van der Waals surface area contributed by atoms with Gasteiger partial charge in [0.05, 0.1) is 0 Å². The highest BCUT2D eigenvalue weighted by molar-refractivity contribution is 4.95. The molecule has 2 saturated heterocycles. The normalized spacial score (nSPS) is 30.6. The Morgan fingerprint density at radius 2 is 1.71 bits per heavy atom. The molecule has 1 atom stereocenters. The second-order valence-electron chi connectivity index (χ2n) is 4.56. The van der Waals surface area contributed by atoms with Gasteiger partial charge in [0.2, 0.25) is 0 Å². The summed E-state index contributed by atoms with van der Waals surface area (Å²) >= 11 is 0. The van der Waals surface area contributed by atoms with Crippen LogP contribution >= 0.6 is 0 Å². The summed E-state index contributed by atoms with van der Waals surface area (Å²) in [4.78, 5) is 0. The van der Waals surface area contributed by atoms with E-state index in [9.17, 15) is 0 Å². The average molecular weight is 198 g/mol. The first-order valence-electron chi connectivity index (χ1n) is 6.27. The molecule has 2 nitrogen and oxygen atoms in total. The molecule has 0 aromatic carbocycles. The lowest BCUT2D eigenvalue weighted by Crippen LogP contribution is -2.56. The Labute approximate surface area is 88.8 Å². The highest BCUT2D eigenvalue weighted by Crippen LogP contribution is 2.30. The molecule has 0 aromatic heterocycles. The average Bonchev–Trinajstić information content (AvgIpc) is 2.21. The first-order chi connectivity index (χ1) is 6.81. The Kier molecular flexibility index (Phi) is 4.90. The lowest BCUT2D eigenvalue weighted by Gasteiger charge is -2.44. The summed E-state index contributed by atoms with van der Waals surface area (Å²) in [7, 11) is 0. The number of piperidine rings is 2. The molecule has 2 aliphatic rings. The van der Waals surface area contributed by atoms with Gasteiger partial charge in [-0.25, -0.2) is 0 Å². The predicted molar refractivity (Wildman–Crippen MR) is 62.6 cm³/mol. The maximum Gasteiger partial charge on any atom is 0.0208 e. The molecule has 84 valence electrons. The van der Waals surface area contributed by atoms with E-state index in [1.807, 2.05) is 13.8 Å². The van der Waals surface area contributed by atoms with E-state index in [0.717, 1.165) is 5.92 Å². The van der Waals surface area contributed by atoms with E-state index in [0.29, 0.717) is 5.54 Å². The van der Waals surface area contributed by atoms with E-state index < -0.39 is 0 Å². The maximum absolute atomic E-state index is 3.72. The summed E-state index contributed by atoms with van der Waals surface area (Å²) in [5, 5.41) is 7.16. The number of nitrogens with one attached hydrogen (secondary N) is 2. The summed E-state index contributed by atoms with van der Waals surface area (Å²) in [5.41, 5.74) is 0.517. The molecule has 0 aromatic rings. The molecule has 1 spiro atoms. The van der Waals surface area contributed by atoms with Crippen LogP contribution in [-0.2, 0) is 0 Å². The van der Waals surface area contributed by atoms with Crippen LogP contribution in [-0.4, -0.2) is 25.2 Å². The van der Waals surface area contributed by atoms with Crippen molar-refractivity contribution in [2.45, 2.75) is 52.0 Å². The Hall–Kier alpha value is -0.0800. The standard InChI is InChI=1S/C10H20N2.C2H6/c1-9-2-5-12-10(8-9)3-6-11-7-4-10;1-2/h9,11-12H,2-8H2,1H3;1-2H3. The van der Waals surface area contributed by atoms with Crippen molar-refractivity contribution >= 4 is 0 Å². The molecule has 2 heteroatoms. The van der Waals surface area contributed by atoms with Crippen molar-refractivity contribution < 1.29 is 0 Å². The van der Waals surface area contributed by atoms with Crippen LogP contribution in [0.15, 0.2) is 0 Å². The van der Waals surface area contributed by atoms with Gasteiger partial charge in [-0.15, -0.1) is 0 Å². The molecule has 2 heterocycles. The monoisotopic (exact) mass is 198 g/mol. The van der Waals surface area contributed by atoms with Gasteiger partial charge in [0.15, 0.2) is 0 Å². The minimum Gasteiger partial charge on any atom is -0.317 e. The van der Waals surface area contributed by atoms with Crippen LogP contribution in [0.25, 0.3) is 0 Å². The third-order valence-corrected chi connectivity index (χ3v) is 3.44. The fourth-order valence-corrected chi connectivity index (χ4v) is 2.71. The van der Waals surface area contributed by atoms with Crippen LogP contribution in [0.4, 0.5) is 0 Å². The zero-order valence-corrected chi connectivity index (χ0v) is 10.0. The molecule has 2 aliphatic heterocycles. The third-order valence-electron chi connectivity index (χ3n) is 3.44. The van der Waals surface area contributed by atoms with Crippen LogP contribution in [0.3, 0.4) is 0 Å². The molecule has 2 fully saturated rings. The summed E-state index contributed by atoms with van der Waals surface area (Å²) in [6, 6.07) is 0. The molecular weight excluding hydrogens is 172 g/mol. The molecule has 2 N–H and O–H groups in total. The molecule has 1 unspecified atom stereocenters. The Bertz CT molecular complexity index is 145. The van der Waals surface area contributed by atoms with Crippen molar-refractivity contribution in [3.63, 3.8) is 0 Å². The third kappa shape index (κ3) is 2.96. The largest absolute Gasteiger partial charge is 0.317 e. The first kappa shape index (κ1) is 12.0. The van der Waals surface area contributed by atoms with Gasteiger partial charge in [-0.1, -0.05) is 20.8 Å². The summed E-state index contributed by atoms with van der Waals surface area (Å²) in [6.07, 6.45) is 5.43. The summed E-state index contributed by atoms with van der Waals surface area (Å²) < 4.78 is 0. The van der Waals surface area contributed by atoms with Gasteiger partial charge < -0.3 is 10.6 Å². The molecule has 0 bridgehead atoms. The molecule has 2 rings (SSSR count). The van der Waals surface area contributed by atoms with Crippen LogP contribution in [0.2, 0.25) is 0 Å². The molecular formula is C12H26N2. The fraction of sp³-hybridized carbons (Fsp3) is 1.00. The van der Waals surface area contributed by atoms with Gasteiger partial charge >= 0.3 is 0 Å². The quantitative estimate of drug-likeness (QED) is 0.623. The van der Waals surface area contributed by atoms with Gasteiger partial charge in [0.25, 0.3) is 0 Å². The van der Waals surface area contributed by atoms with E-state index in [1.165, 1.54) is 45.3 Å². The molecule has 0 radical (unpaired) electrons. The fourth-order valence-electron chi connectivity index (χ4n) is 2.71. The SMILES string of the molecule is CC.CC1CCNC2(CCNCC2)C1. The van der Waals surface area contributed by atoms with Gasteiger partial charge in [-0.3, -0.25) is 0 Å². The van der Waals surface area contributed by atoms with E-state index in [1.54, 1.807) is 0 Å². The van der Waals surface area contributed by atoms with Crippen molar-refractivity contribution in [1.29, 1.82) is 0 Å². The van der Waals surface area contributed by atoms with E-state index in [4.69, 9.17) is 0 Å². The smallest absolute Gasteiger partial charge is 0.0208 e. The van der Waals surface area contributed by atoms with Gasteiger partial charge in [0, 0.05) is 5.54 Å². The van der Waals surface area contributed by atoms with E-state index >= 15 is 0 Å². The van der Waals surface area contributed by atoms with E-state index in [2.05, 4.69) is 17.6 Å². The Morgan fingerprint density at radius 1 is 1.07 bits per heavy atom. The second-order valence-corrected chi connectivity index (χ2v) is 4.56. The zero-order chi connectivity index (χ0) is 10.4. The maximum atomic E-state index is 3.72. The minimum absolute atomic E-state index is 0.517. The molecule has 14 heavy (non-hydrogen) atoms. The second kappa shape index (κ2) is 5.72. The number of rotatable bonds is 0. The lowest BCUT2D eigenvalue weighted by atomic mass is 9.77. The Morgan fingerprint density at radius 3 is 2.29 bits per heavy atom. The zero-order valence-electron chi connectivity index (χ0n) is 10.0. The first-order valence-corrected chi connectivity index (χ1v) is 6.27. The van der Waals surface area contributed by atoms with Crippen molar-refractivity contribution in [3.8, 4) is 0 Å². The number of hydrogen-bond donors (Lipinski definition) is 2. The van der Waals surface area contributed by atoms with Crippen LogP contribution in [0, 0.1) is 5.92 Å².